The maximum Gasteiger partial charge on any atom is 0.264 e. The van der Waals surface area contributed by atoms with Crippen molar-refractivity contribution in [3.8, 4) is 17.2 Å². The highest BCUT2D eigenvalue weighted by atomic mass is 32.2. The van der Waals surface area contributed by atoms with Crippen molar-refractivity contribution in [2.45, 2.75) is 64.1 Å². The monoisotopic (exact) mass is 625 g/mol. The van der Waals surface area contributed by atoms with Crippen LogP contribution in [0.5, 0.6) is 17.2 Å². The SMILES string of the molecule is CC[C@@H](C)NC(=O)[C@@H](CC)N(Cc1cccc(OC)c1)C(=O)CN(c1ccc(C)cc1)S(=O)(=O)c1ccc(OC)c(OC)c1. The third kappa shape index (κ3) is 8.22. The highest BCUT2D eigenvalue weighted by Crippen LogP contribution is 2.32. The van der Waals surface area contributed by atoms with E-state index in [4.69, 9.17) is 14.2 Å². The molecule has 3 aromatic carbocycles. The van der Waals surface area contributed by atoms with Crippen molar-refractivity contribution in [2.75, 3.05) is 32.2 Å². The lowest BCUT2D eigenvalue weighted by molar-refractivity contribution is -0.140. The first-order chi connectivity index (χ1) is 21.0. The Balaban J connectivity index is 2.10. The van der Waals surface area contributed by atoms with Crippen molar-refractivity contribution in [3.05, 3.63) is 77.9 Å². The Bertz CT molecular complexity index is 1530. The van der Waals surface area contributed by atoms with Gasteiger partial charge in [-0.15, -0.1) is 0 Å². The third-order valence-corrected chi connectivity index (χ3v) is 9.19. The number of nitrogens with one attached hydrogen (secondary N) is 1. The number of methoxy groups -OCH3 is 3. The fourth-order valence-corrected chi connectivity index (χ4v) is 6.10. The van der Waals surface area contributed by atoms with E-state index in [1.165, 1.54) is 37.3 Å². The first-order valence-corrected chi connectivity index (χ1v) is 16.0. The van der Waals surface area contributed by atoms with Crippen LogP contribution >= 0.6 is 0 Å². The van der Waals surface area contributed by atoms with E-state index in [9.17, 15) is 18.0 Å². The maximum atomic E-state index is 14.3. The van der Waals surface area contributed by atoms with Crippen LogP contribution in [0.1, 0.15) is 44.7 Å². The minimum atomic E-state index is -4.28. The molecule has 2 amide bonds. The fourth-order valence-electron chi connectivity index (χ4n) is 4.67. The Morgan fingerprint density at radius 3 is 2.14 bits per heavy atom. The number of anilines is 1. The van der Waals surface area contributed by atoms with Crippen LogP contribution in [-0.4, -0.2) is 65.1 Å². The summed E-state index contributed by atoms with van der Waals surface area (Å²) in [5.41, 5.74) is 1.96. The number of hydrogen-bond donors (Lipinski definition) is 1. The summed E-state index contributed by atoms with van der Waals surface area (Å²) in [6, 6.07) is 17.4. The molecule has 1 N–H and O–H groups in total. The summed E-state index contributed by atoms with van der Waals surface area (Å²) < 4.78 is 45.5. The van der Waals surface area contributed by atoms with Gasteiger partial charge in [0, 0.05) is 18.7 Å². The molecule has 10 nitrogen and oxygen atoms in total. The lowest BCUT2D eigenvalue weighted by Gasteiger charge is -2.34. The third-order valence-electron chi connectivity index (χ3n) is 7.42. The van der Waals surface area contributed by atoms with E-state index in [0.717, 1.165) is 21.9 Å². The number of hydrogen-bond acceptors (Lipinski definition) is 7. The normalized spacial score (nSPS) is 12.5. The van der Waals surface area contributed by atoms with Crippen molar-refractivity contribution in [2.24, 2.45) is 0 Å². The topological polar surface area (TPSA) is 114 Å². The molecule has 0 aromatic heterocycles. The van der Waals surface area contributed by atoms with Gasteiger partial charge in [0.15, 0.2) is 11.5 Å². The van der Waals surface area contributed by atoms with Gasteiger partial charge < -0.3 is 24.4 Å². The van der Waals surface area contributed by atoms with Crippen LogP contribution in [0.4, 0.5) is 5.69 Å². The Labute approximate surface area is 261 Å². The first kappa shape index (κ1) is 34.2. The zero-order valence-corrected chi connectivity index (χ0v) is 27.3. The van der Waals surface area contributed by atoms with Gasteiger partial charge in [0.25, 0.3) is 10.0 Å². The van der Waals surface area contributed by atoms with Gasteiger partial charge in [-0.1, -0.05) is 43.7 Å². The number of amides is 2. The molecule has 0 saturated heterocycles. The van der Waals surface area contributed by atoms with Crippen LogP contribution in [0.15, 0.2) is 71.6 Å². The molecular weight excluding hydrogens is 582 g/mol. The first-order valence-electron chi connectivity index (χ1n) is 14.5. The summed E-state index contributed by atoms with van der Waals surface area (Å²) in [5, 5.41) is 2.98. The summed E-state index contributed by atoms with van der Waals surface area (Å²) in [6.07, 6.45) is 1.04. The van der Waals surface area contributed by atoms with Crippen LogP contribution in [0, 0.1) is 6.92 Å². The summed E-state index contributed by atoms with van der Waals surface area (Å²) in [5.74, 6) is 0.360. The standard InChI is InChI=1S/C33H43N3O7S/c1-8-24(4)34-33(38)29(9-2)35(21-25-11-10-12-27(19-25)41-5)32(37)22-36(26-15-13-23(3)14-16-26)44(39,40)28-17-18-30(42-6)31(20-28)43-7/h10-20,24,29H,8-9,21-22H2,1-7H3,(H,34,38)/t24-,29-/m1/s1. The van der Waals surface area contributed by atoms with Crippen LogP contribution in [0.2, 0.25) is 0 Å². The summed E-state index contributed by atoms with van der Waals surface area (Å²) >= 11 is 0. The summed E-state index contributed by atoms with van der Waals surface area (Å²) in [7, 11) is 0.146. The minimum absolute atomic E-state index is 0.0700. The zero-order chi connectivity index (χ0) is 32.4. The Kier molecular flexibility index (Phi) is 12.0. The van der Waals surface area contributed by atoms with E-state index in [1.54, 1.807) is 49.6 Å². The average molecular weight is 626 g/mol. The predicted molar refractivity (Wildman–Crippen MR) is 171 cm³/mol. The number of aryl methyl sites for hydroxylation is 1. The van der Waals surface area contributed by atoms with Crippen molar-refractivity contribution in [1.29, 1.82) is 0 Å². The average Bonchev–Trinajstić information content (AvgIpc) is 3.03. The lowest BCUT2D eigenvalue weighted by Crippen LogP contribution is -2.53. The van der Waals surface area contributed by atoms with Gasteiger partial charge in [-0.2, -0.15) is 0 Å². The van der Waals surface area contributed by atoms with E-state index >= 15 is 0 Å². The van der Waals surface area contributed by atoms with Gasteiger partial charge in [0.05, 0.1) is 31.9 Å². The van der Waals surface area contributed by atoms with Crippen molar-refractivity contribution in [3.63, 3.8) is 0 Å². The molecule has 44 heavy (non-hydrogen) atoms. The molecule has 0 aliphatic heterocycles. The van der Waals surface area contributed by atoms with Gasteiger partial charge in [-0.3, -0.25) is 13.9 Å². The minimum Gasteiger partial charge on any atom is -0.497 e. The molecular formula is C33H43N3O7S. The molecule has 0 unspecified atom stereocenters. The number of carbonyl (C=O) groups is 2. The number of carbonyl (C=O) groups excluding carboxylic acids is 2. The van der Waals surface area contributed by atoms with Gasteiger partial charge >= 0.3 is 0 Å². The number of sulfonamides is 1. The second-order valence-corrected chi connectivity index (χ2v) is 12.3. The molecule has 0 aliphatic carbocycles. The predicted octanol–water partition coefficient (Wildman–Crippen LogP) is 4.94. The molecule has 0 saturated carbocycles. The molecule has 0 fully saturated rings. The molecule has 11 heteroatoms. The Morgan fingerprint density at radius 2 is 1.55 bits per heavy atom. The number of rotatable bonds is 15. The summed E-state index contributed by atoms with van der Waals surface area (Å²) in [4.78, 5) is 29.1. The Hall–Kier alpha value is -4.25. The van der Waals surface area contributed by atoms with Crippen molar-refractivity contribution >= 4 is 27.5 Å². The van der Waals surface area contributed by atoms with E-state index in [2.05, 4.69) is 5.32 Å². The number of benzene rings is 3. The van der Waals surface area contributed by atoms with E-state index in [-0.39, 0.29) is 29.1 Å². The van der Waals surface area contributed by atoms with Gasteiger partial charge in [-0.25, -0.2) is 8.42 Å². The molecule has 0 aliphatic rings. The van der Waals surface area contributed by atoms with Crippen molar-refractivity contribution < 1.29 is 32.2 Å². The number of nitrogens with zero attached hydrogens (tertiary/aromatic N) is 2. The van der Waals surface area contributed by atoms with Crippen LogP contribution in [0.3, 0.4) is 0 Å². The van der Waals surface area contributed by atoms with E-state index in [1.807, 2.05) is 33.8 Å². The molecule has 3 rings (SSSR count). The maximum absolute atomic E-state index is 14.3. The smallest absolute Gasteiger partial charge is 0.264 e. The second-order valence-electron chi connectivity index (χ2n) is 10.5. The fraction of sp³-hybridized carbons (Fsp3) is 0.394. The largest absolute Gasteiger partial charge is 0.497 e. The molecule has 0 bridgehead atoms. The van der Waals surface area contributed by atoms with Crippen LogP contribution < -0.4 is 23.8 Å². The highest BCUT2D eigenvalue weighted by molar-refractivity contribution is 7.92. The molecule has 0 heterocycles. The van der Waals surface area contributed by atoms with E-state index in [0.29, 0.717) is 23.6 Å². The van der Waals surface area contributed by atoms with Gasteiger partial charge in [0.2, 0.25) is 11.8 Å². The number of ether oxygens (including phenoxy) is 3. The van der Waals surface area contributed by atoms with E-state index < -0.39 is 28.5 Å². The molecule has 3 aromatic rings. The quantitative estimate of drug-likeness (QED) is 0.255. The van der Waals surface area contributed by atoms with Crippen LogP contribution in [0.25, 0.3) is 0 Å². The Morgan fingerprint density at radius 1 is 0.864 bits per heavy atom. The molecule has 0 spiro atoms. The van der Waals surface area contributed by atoms with Gasteiger partial charge in [-0.05, 0) is 68.7 Å². The molecule has 0 radical (unpaired) electrons. The second kappa shape index (κ2) is 15.5. The molecule has 238 valence electrons. The molecule has 2 atom stereocenters. The lowest BCUT2D eigenvalue weighted by atomic mass is 10.1. The van der Waals surface area contributed by atoms with Crippen LogP contribution in [-0.2, 0) is 26.2 Å². The highest BCUT2D eigenvalue weighted by Gasteiger charge is 2.34. The summed E-state index contributed by atoms with van der Waals surface area (Å²) in [6.45, 7) is 7.10. The zero-order valence-electron chi connectivity index (χ0n) is 26.5. The van der Waals surface area contributed by atoms with Crippen molar-refractivity contribution in [1.82, 2.24) is 10.2 Å². The van der Waals surface area contributed by atoms with Gasteiger partial charge in [0.1, 0.15) is 18.3 Å².